The minimum atomic E-state index is -0.909. The van der Waals surface area contributed by atoms with Gasteiger partial charge in [-0.3, -0.25) is 4.68 Å². The molecule has 0 bridgehead atoms. The number of rotatable bonds is 2. The zero-order valence-electron chi connectivity index (χ0n) is 13.7. The van der Waals surface area contributed by atoms with Crippen molar-refractivity contribution in [2.24, 2.45) is 7.05 Å². The van der Waals surface area contributed by atoms with Gasteiger partial charge in [-0.05, 0) is 37.7 Å². The fourth-order valence-electron chi connectivity index (χ4n) is 3.48. The maximum Gasteiger partial charge on any atom is 0.120 e. The van der Waals surface area contributed by atoms with Crippen molar-refractivity contribution >= 4 is 22.5 Å². The summed E-state index contributed by atoms with van der Waals surface area (Å²) in [5.74, 6) is -0.171. The summed E-state index contributed by atoms with van der Waals surface area (Å²) >= 11 is 6.46. The van der Waals surface area contributed by atoms with Gasteiger partial charge in [0.15, 0.2) is 0 Å². The number of aromatic nitrogens is 4. The molecule has 1 fully saturated rings. The van der Waals surface area contributed by atoms with Gasteiger partial charge in [0.25, 0.3) is 0 Å². The largest absolute Gasteiger partial charge is 0.303 e. The third-order valence-corrected chi connectivity index (χ3v) is 5.09. The van der Waals surface area contributed by atoms with Crippen LogP contribution in [0.2, 0.25) is 5.02 Å². The molecule has 24 heavy (non-hydrogen) atoms. The van der Waals surface area contributed by atoms with Crippen LogP contribution in [-0.4, -0.2) is 50.8 Å². The second kappa shape index (κ2) is 5.86. The van der Waals surface area contributed by atoms with Crippen LogP contribution in [0, 0.1) is 0 Å². The number of alkyl halides is 1. The molecule has 3 aromatic rings. The summed E-state index contributed by atoms with van der Waals surface area (Å²) in [6.07, 6.45) is 5.29. The van der Waals surface area contributed by atoms with Crippen LogP contribution in [-0.2, 0) is 7.05 Å². The van der Waals surface area contributed by atoms with E-state index in [1.807, 2.05) is 42.0 Å². The predicted octanol–water partition coefficient (Wildman–Crippen LogP) is 3.17. The van der Waals surface area contributed by atoms with Crippen LogP contribution in [0.3, 0.4) is 0 Å². The predicted molar refractivity (Wildman–Crippen MR) is 92.6 cm³/mol. The van der Waals surface area contributed by atoms with Crippen LogP contribution in [0.1, 0.15) is 17.9 Å². The van der Waals surface area contributed by atoms with Crippen LogP contribution in [0.4, 0.5) is 4.39 Å². The summed E-state index contributed by atoms with van der Waals surface area (Å²) < 4.78 is 18.1. The zero-order chi connectivity index (χ0) is 16.8. The molecule has 1 aliphatic rings. The van der Waals surface area contributed by atoms with Gasteiger partial charge >= 0.3 is 0 Å². The van der Waals surface area contributed by atoms with Crippen molar-refractivity contribution in [1.82, 2.24) is 24.5 Å². The van der Waals surface area contributed by atoms with Gasteiger partial charge in [0.2, 0.25) is 0 Å². The molecule has 0 aliphatic carbocycles. The lowest BCUT2D eigenvalue weighted by molar-refractivity contribution is 0.139. The second-order valence-electron chi connectivity index (χ2n) is 6.53. The van der Waals surface area contributed by atoms with Crippen molar-refractivity contribution in [2.75, 3.05) is 20.1 Å². The number of benzene rings is 1. The maximum absolute atomic E-state index is 14.6. The molecule has 1 aromatic carbocycles. The van der Waals surface area contributed by atoms with E-state index in [0.717, 1.165) is 35.1 Å². The SMILES string of the molecule is CN1CC[C@H](c2cc3c(cnn3-c3cnn(C)c3)cc2Cl)[C@H](F)C1. The van der Waals surface area contributed by atoms with Gasteiger partial charge < -0.3 is 4.90 Å². The van der Waals surface area contributed by atoms with Gasteiger partial charge in [-0.2, -0.15) is 10.2 Å². The normalized spacial score (nSPS) is 22.3. The van der Waals surface area contributed by atoms with Gasteiger partial charge in [-0.1, -0.05) is 11.6 Å². The summed E-state index contributed by atoms with van der Waals surface area (Å²) in [4.78, 5) is 2.02. The van der Waals surface area contributed by atoms with E-state index in [2.05, 4.69) is 10.2 Å². The average Bonchev–Trinajstić information content (AvgIpc) is 3.12. The van der Waals surface area contributed by atoms with E-state index in [4.69, 9.17) is 11.6 Å². The Labute approximate surface area is 144 Å². The molecule has 1 saturated heterocycles. The molecule has 4 rings (SSSR count). The maximum atomic E-state index is 14.6. The lowest BCUT2D eigenvalue weighted by Crippen LogP contribution is -2.38. The molecule has 126 valence electrons. The van der Waals surface area contributed by atoms with E-state index in [-0.39, 0.29) is 5.92 Å². The van der Waals surface area contributed by atoms with Gasteiger partial charge in [-0.15, -0.1) is 0 Å². The van der Waals surface area contributed by atoms with Gasteiger partial charge in [0.1, 0.15) is 11.9 Å². The third kappa shape index (κ3) is 2.59. The van der Waals surface area contributed by atoms with Crippen molar-refractivity contribution in [3.05, 3.63) is 41.3 Å². The van der Waals surface area contributed by atoms with E-state index < -0.39 is 6.17 Å². The molecule has 7 heteroatoms. The number of hydrogen-bond acceptors (Lipinski definition) is 3. The van der Waals surface area contributed by atoms with Crippen LogP contribution in [0.15, 0.2) is 30.7 Å². The summed E-state index contributed by atoms with van der Waals surface area (Å²) in [5.41, 5.74) is 2.67. The van der Waals surface area contributed by atoms with Crippen molar-refractivity contribution in [3.8, 4) is 5.69 Å². The van der Waals surface area contributed by atoms with Crippen molar-refractivity contribution < 1.29 is 4.39 Å². The number of halogens is 2. The molecule has 0 N–H and O–H groups in total. The summed E-state index contributed by atoms with van der Waals surface area (Å²) in [6, 6.07) is 3.87. The Morgan fingerprint density at radius 1 is 1.21 bits per heavy atom. The molecule has 0 amide bonds. The van der Waals surface area contributed by atoms with Gasteiger partial charge in [0, 0.05) is 29.9 Å². The summed E-state index contributed by atoms with van der Waals surface area (Å²) in [5, 5.41) is 10.2. The molecule has 2 aromatic heterocycles. The highest BCUT2D eigenvalue weighted by atomic mass is 35.5. The molecule has 5 nitrogen and oxygen atoms in total. The average molecular weight is 348 g/mol. The van der Waals surface area contributed by atoms with Crippen molar-refractivity contribution in [2.45, 2.75) is 18.5 Å². The topological polar surface area (TPSA) is 38.9 Å². The second-order valence-corrected chi connectivity index (χ2v) is 6.94. The van der Waals surface area contributed by atoms with Crippen LogP contribution >= 0.6 is 11.6 Å². The Morgan fingerprint density at radius 2 is 2.04 bits per heavy atom. The first-order valence-electron chi connectivity index (χ1n) is 8.02. The number of hydrogen-bond donors (Lipinski definition) is 0. The van der Waals surface area contributed by atoms with Gasteiger partial charge in [-0.25, -0.2) is 9.07 Å². The molecular formula is C17H19ClFN5. The van der Waals surface area contributed by atoms with Crippen molar-refractivity contribution in [1.29, 1.82) is 0 Å². The quantitative estimate of drug-likeness (QED) is 0.714. The van der Waals surface area contributed by atoms with E-state index in [1.165, 1.54) is 0 Å². The summed E-state index contributed by atoms with van der Waals surface area (Å²) in [7, 11) is 3.81. The van der Waals surface area contributed by atoms with Crippen LogP contribution in [0.5, 0.6) is 0 Å². The van der Waals surface area contributed by atoms with Crippen LogP contribution in [0.25, 0.3) is 16.6 Å². The minimum absolute atomic E-state index is 0.171. The van der Waals surface area contributed by atoms with E-state index in [0.29, 0.717) is 11.6 Å². The van der Waals surface area contributed by atoms with Crippen molar-refractivity contribution in [3.63, 3.8) is 0 Å². The Morgan fingerprint density at radius 3 is 2.75 bits per heavy atom. The Balaban J connectivity index is 1.80. The molecular weight excluding hydrogens is 329 g/mol. The molecule has 3 heterocycles. The Hall–Kier alpha value is -1.92. The highest BCUT2D eigenvalue weighted by Gasteiger charge is 2.30. The first-order chi connectivity index (χ1) is 11.5. The van der Waals surface area contributed by atoms with E-state index in [1.54, 1.807) is 17.1 Å². The first kappa shape index (κ1) is 15.6. The lowest BCUT2D eigenvalue weighted by Gasteiger charge is -2.33. The van der Waals surface area contributed by atoms with Crippen LogP contribution < -0.4 is 0 Å². The number of piperidine rings is 1. The molecule has 0 saturated carbocycles. The molecule has 0 unspecified atom stereocenters. The standard InChI is InChI=1S/C17H19ClFN5/c1-22-4-3-13(16(19)10-22)14-6-17-11(5-15(14)18)7-21-24(17)12-8-20-23(2)9-12/h5-9,13,16H,3-4,10H2,1-2H3/t13-,16-/m1/s1. The van der Waals surface area contributed by atoms with E-state index in [9.17, 15) is 4.39 Å². The van der Waals surface area contributed by atoms with E-state index >= 15 is 0 Å². The number of nitrogens with zero attached hydrogens (tertiary/aromatic N) is 5. The first-order valence-corrected chi connectivity index (χ1v) is 8.39. The Kier molecular flexibility index (Phi) is 3.81. The smallest absolute Gasteiger partial charge is 0.120 e. The number of fused-ring (bicyclic) bond motifs is 1. The molecule has 0 spiro atoms. The number of likely N-dealkylation sites (tertiary alicyclic amines) is 1. The molecule has 1 aliphatic heterocycles. The fourth-order valence-corrected chi connectivity index (χ4v) is 3.79. The lowest BCUT2D eigenvalue weighted by atomic mass is 9.87. The minimum Gasteiger partial charge on any atom is -0.303 e. The zero-order valence-corrected chi connectivity index (χ0v) is 14.4. The Bertz CT molecular complexity index is 886. The monoisotopic (exact) mass is 347 g/mol. The number of aryl methyl sites for hydroxylation is 1. The molecule has 2 atom stereocenters. The van der Waals surface area contributed by atoms with Gasteiger partial charge in [0.05, 0.1) is 24.1 Å². The highest BCUT2D eigenvalue weighted by Crippen LogP contribution is 2.37. The summed E-state index contributed by atoms with van der Waals surface area (Å²) in [6.45, 7) is 1.32. The highest BCUT2D eigenvalue weighted by molar-refractivity contribution is 6.32. The third-order valence-electron chi connectivity index (χ3n) is 4.77. The fraction of sp³-hybridized carbons (Fsp3) is 0.412. The molecule has 0 radical (unpaired) electrons.